The van der Waals surface area contributed by atoms with Gasteiger partial charge in [-0.25, -0.2) is 0 Å². The summed E-state index contributed by atoms with van der Waals surface area (Å²) in [4.78, 5) is 0. The fourth-order valence-corrected chi connectivity index (χ4v) is 2.30. The van der Waals surface area contributed by atoms with Crippen molar-refractivity contribution in [2.75, 3.05) is 6.54 Å². The summed E-state index contributed by atoms with van der Waals surface area (Å²) in [6.45, 7) is 1.85. The van der Waals surface area contributed by atoms with Gasteiger partial charge in [0.15, 0.2) is 0 Å². The zero-order valence-corrected chi connectivity index (χ0v) is 11.5. The van der Waals surface area contributed by atoms with Gasteiger partial charge in [-0.2, -0.15) is 0 Å². The highest BCUT2D eigenvalue weighted by Gasteiger charge is 2.28. The normalized spacial score (nSPS) is 17.7. The second-order valence-corrected chi connectivity index (χ2v) is 5.92. The van der Waals surface area contributed by atoms with Crippen LogP contribution in [0.15, 0.2) is 24.3 Å². The fourth-order valence-electron chi connectivity index (χ4n) is 1.58. The molecule has 1 aromatic rings. The average Bonchev–Trinajstić information content (AvgIpc) is 3.04. The van der Waals surface area contributed by atoms with E-state index in [-0.39, 0.29) is 0 Å². The zero-order chi connectivity index (χ0) is 10.7. The molecular formula is C12H15ClIN. The Kier molecular flexibility index (Phi) is 4.29. The number of alkyl halides is 1. The lowest BCUT2D eigenvalue weighted by Gasteiger charge is -2.09. The topological polar surface area (TPSA) is 12.0 Å². The molecule has 2 rings (SSSR count). The highest BCUT2D eigenvalue weighted by atomic mass is 127. The van der Waals surface area contributed by atoms with Crippen LogP contribution in [0.5, 0.6) is 0 Å². The number of hydrogen-bond acceptors (Lipinski definition) is 1. The number of nitrogens with one attached hydrogen (secondary N) is 1. The second kappa shape index (κ2) is 5.51. The van der Waals surface area contributed by atoms with Gasteiger partial charge >= 0.3 is 0 Å². The van der Waals surface area contributed by atoms with E-state index in [1.54, 1.807) is 0 Å². The molecule has 0 aromatic heterocycles. The first-order chi connectivity index (χ1) is 7.25. The first-order valence-electron chi connectivity index (χ1n) is 5.35. The molecule has 1 N–H and O–H groups in total. The van der Waals surface area contributed by atoms with Crippen LogP contribution < -0.4 is 5.32 Å². The van der Waals surface area contributed by atoms with Crippen LogP contribution in [0.1, 0.15) is 18.4 Å². The lowest BCUT2D eigenvalue weighted by molar-refractivity contribution is 0.620. The average molecular weight is 336 g/mol. The SMILES string of the molecule is ClC(CNCc1ccc(I)cc1)C1CC1. The molecule has 1 unspecified atom stereocenters. The standard InChI is InChI=1S/C12H15ClIN/c13-12(10-3-4-10)8-15-7-9-1-5-11(14)6-2-9/h1-2,5-6,10,12,15H,3-4,7-8H2. The Bertz CT molecular complexity index is 308. The molecular weight excluding hydrogens is 320 g/mol. The van der Waals surface area contributed by atoms with Crippen LogP contribution in [0.25, 0.3) is 0 Å². The minimum Gasteiger partial charge on any atom is -0.311 e. The number of halogens is 2. The van der Waals surface area contributed by atoms with Gasteiger partial charge in [0, 0.05) is 22.0 Å². The van der Waals surface area contributed by atoms with E-state index >= 15 is 0 Å². The molecule has 3 heteroatoms. The van der Waals surface area contributed by atoms with E-state index in [1.807, 2.05) is 0 Å². The molecule has 1 fully saturated rings. The smallest absolute Gasteiger partial charge is 0.0488 e. The first-order valence-corrected chi connectivity index (χ1v) is 6.86. The maximum absolute atomic E-state index is 6.21. The summed E-state index contributed by atoms with van der Waals surface area (Å²) in [5.74, 6) is 0.774. The van der Waals surface area contributed by atoms with E-state index in [1.165, 1.54) is 22.0 Å². The van der Waals surface area contributed by atoms with Crippen molar-refractivity contribution in [1.82, 2.24) is 5.32 Å². The molecule has 0 saturated heterocycles. The van der Waals surface area contributed by atoms with Gasteiger partial charge in [0.1, 0.15) is 0 Å². The van der Waals surface area contributed by atoms with Crippen LogP contribution in [0.4, 0.5) is 0 Å². The minimum atomic E-state index is 0.328. The van der Waals surface area contributed by atoms with E-state index in [0.29, 0.717) is 5.38 Å². The maximum Gasteiger partial charge on any atom is 0.0488 e. The third-order valence-corrected chi connectivity index (χ3v) is 3.95. The van der Waals surface area contributed by atoms with Gasteiger partial charge in [0.25, 0.3) is 0 Å². The van der Waals surface area contributed by atoms with Gasteiger partial charge in [-0.1, -0.05) is 12.1 Å². The molecule has 1 aromatic carbocycles. The van der Waals surface area contributed by atoms with Crippen molar-refractivity contribution in [3.05, 3.63) is 33.4 Å². The molecule has 0 amide bonds. The van der Waals surface area contributed by atoms with Crippen LogP contribution in [-0.2, 0) is 6.54 Å². The van der Waals surface area contributed by atoms with Gasteiger partial charge in [-0.15, -0.1) is 11.6 Å². The summed E-state index contributed by atoms with van der Waals surface area (Å²) in [6, 6.07) is 8.59. The van der Waals surface area contributed by atoms with Crippen molar-refractivity contribution in [3.8, 4) is 0 Å². The molecule has 0 radical (unpaired) electrons. The van der Waals surface area contributed by atoms with Gasteiger partial charge in [0.05, 0.1) is 0 Å². The summed E-state index contributed by atoms with van der Waals surface area (Å²) in [5.41, 5.74) is 1.33. The molecule has 0 heterocycles. The summed E-state index contributed by atoms with van der Waals surface area (Å²) in [5, 5.41) is 3.74. The summed E-state index contributed by atoms with van der Waals surface area (Å²) in [6.07, 6.45) is 2.64. The lowest BCUT2D eigenvalue weighted by Crippen LogP contribution is -2.24. The van der Waals surface area contributed by atoms with Crippen molar-refractivity contribution in [1.29, 1.82) is 0 Å². The van der Waals surface area contributed by atoms with Crippen molar-refractivity contribution in [2.24, 2.45) is 5.92 Å². The Morgan fingerprint density at radius 3 is 2.60 bits per heavy atom. The van der Waals surface area contributed by atoms with Gasteiger partial charge in [-0.05, 0) is 59.0 Å². The van der Waals surface area contributed by atoms with Gasteiger partial charge in [0.2, 0.25) is 0 Å². The largest absolute Gasteiger partial charge is 0.311 e. The second-order valence-electron chi connectivity index (χ2n) is 4.11. The number of rotatable bonds is 5. The molecule has 1 aliphatic carbocycles. The third-order valence-electron chi connectivity index (χ3n) is 2.72. The minimum absolute atomic E-state index is 0.328. The molecule has 0 bridgehead atoms. The highest BCUT2D eigenvalue weighted by molar-refractivity contribution is 14.1. The van der Waals surface area contributed by atoms with E-state index in [4.69, 9.17) is 11.6 Å². The fraction of sp³-hybridized carbons (Fsp3) is 0.500. The highest BCUT2D eigenvalue weighted by Crippen LogP contribution is 2.35. The van der Waals surface area contributed by atoms with Crippen LogP contribution in [0.2, 0.25) is 0 Å². The maximum atomic E-state index is 6.21. The third kappa shape index (κ3) is 3.93. The van der Waals surface area contributed by atoms with Crippen LogP contribution in [0.3, 0.4) is 0 Å². The Labute approximate surface area is 110 Å². The van der Waals surface area contributed by atoms with Crippen molar-refractivity contribution in [2.45, 2.75) is 24.8 Å². The predicted octanol–water partition coefficient (Wildman–Crippen LogP) is 3.40. The van der Waals surface area contributed by atoms with Gasteiger partial charge < -0.3 is 5.32 Å². The Morgan fingerprint density at radius 2 is 2.00 bits per heavy atom. The molecule has 0 spiro atoms. The Balaban J connectivity index is 1.70. The number of hydrogen-bond donors (Lipinski definition) is 1. The lowest BCUT2D eigenvalue weighted by atomic mass is 10.2. The summed E-state index contributed by atoms with van der Waals surface area (Å²) in [7, 11) is 0. The molecule has 15 heavy (non-hydrogen) atoms. The van der Waals surface area contributed by atoms with Crippen LogP contribution >= 0.6 is 34.2 Å². The molecule has 1 saturated carbocycles. The summed E-state index contributed by atoms with van der Waals surface area (Å²) >= 11 is 8.53. The molecule has 1 aliphatic rings. The zero-order valence-electron chi connectivity index (χ0n) is 8.55. The van der Waals surface area contributed by atoms with E-state index < -0.39 is 0 Å². The Hall–Kier alpha value is 0.200. The quantitative estimate of drug-likeness (QED) is 0.642. The predicted molar refractivity (Wildman–Crippen MR) is 73.2 cm³/mol. The van der Waals surface area contributed by atoms with Crippen molar-refractivity contribution in [3.63, 3.8) is 0 Å². The molecule has 1 atom stereocenters. The molecule has 1 nitrogen and oxygen atoms in total. The van der Waals surface area contributed by atoms with Crippen molar-refractivity contribution >= 4 is 34.2 Å². The van der Waals surface area contributed by atoms with E-state index in [0.717, 1.165) is 19.0 Å². The van der Waals surface area contributed by atoms with Gasteiger partial charge in [-0.3, -0.25) is 0 Å². The van der Waals surface area contributed by atoms with E-state index in [9.17, 15) is 0 Å². The van der Waals surface area contributed by atoms with Crippen LogP contribution in [-0.4, -0.2) is 11.9 Å². The first kappa shape index (κ1) is 11.7. The van der Waals surface area contributed by atoms with E-state index in [2.05, 4.69) is 52.2 Å². The van der Waals surface area contributed by atoms with Crippen molar-refractivity contribution < 1.29 is 0 Å². The van der Waals surface area contributed by atoms with Crippen LogP contribution in [0, 0.1) is 9.49 Å². The molecule has 0 aliphatic heterocycles. The Morgan fingerprint density at radius 1 is 1.33 bits per heavy atom. The molecule has 82 valence electrons. The summed E-state index contributed by atoms with van der Waals surface area (Å²) < 4.78 is 1.28. The number of benzene rings is 1. The monoisotopic (exact) mass is 335 g/mol.